The number of carbonyl (C=O) groups excluding carboxylic acids is 3. The number of hydrogen-bond donors (Lipinski definition) is 1. The van der Waals surface area contributed by atoms with E-state index in [9.17, 15) is 14.4 Å². The predicted octanol–water partition coefficient (Wildman–Crippen LogP) is 4.24. The highest BCUT2D eigenvalue weighted by Crippen LogP contribution is 2.32. The van der Waals surface area contributed by atoms with Gasteiger partial charge in [-0.05, 0) is 29.9 Å². The van der Waals surface area contributed by atoms with Crippen molar-refractivity contribution in [2.24, 2.45) is 0 Å². The minimum Gasteiger partial charge on any atom is -0.319 e. The van der Waals surface area contributed by atoms with Crippen LogP contribution in [0.1, 0.15) is 61.0 Å². The van der Waals surface area contributed by atoms with E-state index in [1.54, 1.807) is 12.1 Å². The predicted molar refractivity (Wildman–Crippen MR) is 108 cm³/mol. The molecule has 0 bridgehead atoms. The van der Waals surface area contributed by atoms with Crippen molar-refractivity contribution in [3.05, 3.63) is 71.3 Å². The number of ketones is 1. The van der Waals surface area contributed by atoms with Gasteiger partial charge in [-0.15, -0.1) is 0 Å². The number of imide groups is 1. The van der Waals surface area contributed by atoms with Gasteiger partial charge in [-0.2, -0.15) is 0 Å². The summed E-state index contributed by atoms with van der Waals surface area (Å²) in [5.41, 5.74) is 1.28. The van der Waals surface area contributed by atoms with Gasteiger partial charge in [0.1, 0.15) is 5.54 Å². The van der Waals surface area contributed by atoms with E-state index in [4.69, 9.17) is 0 Å². The average Bonchev–Trinajstić information content (AvgIpc) is 2.99. The molecule has 146 valence electrons. The summed E-state index contributed by atoms with van der Waals surface area (Å²) in [6.07, 6.45) is 1.43. The number of Topliss-reactive ketones (excluding diaryl/α,β-unsaturated/α-hetero) is 1. The van der Waals surface area contributed by atoms with Gasteiger partial charge in [-0.1, -0.05) is 75.4 Å². The summed E-state index contributed by atoms with van der Waals surface area (Å²) in [5, 5.41) is 2.81. The van der Waals surface area contributed by atoms with E-state index >= 15 is 0 Å². The number of nitrogens with zero attached hydrogens (tertiary/aromatic N) is 1. The summed E-state index contributed by atoms with van der Waals surface area (Å²) in [7, 11) is 0. The van der Waals surface area contributed by atoms with Crippen LogP contribution < -0.4 is 5.32 Å². The SMILES string of the molecule is CCC(C)c1ccc(C(=O)CN2C(=O)NC(CC)(c3ccccc3)C2=O)cc1. The lowest BCUT2D eigenvalue weighted by atomic mass is 9.87. The molecule has 0 spiro atoms. The molecular weight excluding hydrogens is 352 g/mol. The first kappa shape index (κ1) is 19.8. The Kier molecular flexibility index (Phi) is 5.63. The maximum Gasteiger partial charge on any atom is 0.325 e. The molecule has 2 atom stereocenters. The van der Waals surface area contributed by atoms with Crippen molar-refractivity contribution < 1.29 is 14.4 Å². The van der Waals surface area contributed by atoms with Gasteiger partial charge in [-0.3, -0.25) is 14.5 Å². The van der Waals surface area contributed by atoms with Crippen molar-refractivity contribution in [3.8, 4) is 0 Å². The summed E-state index contributed by atoms with van der Waals surface area (Å²) in [6, 6.07) is 16.1. The third kappa shape index (κ3) is 3.44. The molecular formula is C23H26N2O3. The smallest absolute Gasteiger partial charge is 0.319 e. The molecule has 0 aromatic heterocycles. The zero-order valence-electron chi connectivity index (χ0n) is 16.6. The van der Waals surface area contributed by atoms with E-state index in [1.807, 2.05) is 49.4 Å². The molecule has 5 heteroatoms. The number of hydrogen-bond acceptors (Lipinski definition) is 3. The van der Waals surface area contributed by atoms with E-state index in [0.717, 1.165) is 16.9 Å². The topological polar surface area (TPSA) is 66.5 Å². The van der Waals surface area contributed by atoms with Gasteiger partial charge >= 0.3 is 6.03 Å². The quantitative estimate of drug-likeness (QED) is 0.579. The normalized spacial score (nSPS) is 20.2. The van der Waals surface area contributed by atoms with Crippen LogP contribution in [0.5, 0.6) is 0 Å². The molecule has 1 heterocycles. The molecule has 0 radical (unpaired) electrons. The first-order chi connectivity index (χ1) is 13.4. The maximum absolute atomic E-state index is 13.1. The third-order valence-corrected chi connectivity index (χ3v) is 5.69. The monoisotopic (exact) mass is 378 g/mol. The standard InChI is InChI=1S/C23H26N2O3/c1-4-16(3)17-11-13-18(14-12-17)20(26)15-25-21(27)23(5-2,24-22(25)28)19-9-7-6-8-10-19/h6-14,16H,4-5,15H2,1-3H3,(H,24,28). The van der Waals surface area contributed by atoms with Gasteiger partial charge in [0.25, 0.3) is 5.91 Å². The average molecular weight is 378 g/mol. The zero-order chi connectivity index (χ0) is 20.3. The van der Waals surface area contributed by atoms with Gasteiger partial charge in [0.2, 0.25) is 0 Å². The minimum atomic E-state index is -1.11. The fourth-order valence-corrected chi connectivity index (χ4v) is 3.60. The first-order valence-electron chi connectivity index (χ1n) is 9.75. The molecule has 28 heavy (non-hydrogen) atoms. The summed E-state index contributed by atoms with van der Waals surface area (Å²) in [4.78, 5) is 39.4. The van der Waals surface area contributed by atoms with Crippen molar-refractivity contribution in [3.63, 3.8) is 0 Å². The lowest BCUT2D eigenvalue weighted by Gasteiger charge is -2.25. The molecule has 1 aliphatic heterocycles. The Morgan fingerprint density at radius 3 is 2.25 bits per heavy atom. The highest BCUT2D eigenvalue weighted by Gasteiger charge is 2.51. The van der Waals surface area contributed by atoms with Crippen LogP contribution in [-0.2, 0) is 10.3 Å². The van der Waals surface area contributed by atoms with E-state index < -0.39 is 11.6 Å². The summed E-state index contributed by atoms with van der Waals surface area (Å²) >= 11 is 0. The highest BCUT2D eigenvalue weighted by atomic mass is 16.2. The van der Waals surface area contributed by atoms with E-state index in [0.29, 0.717) is 17.9 Å². The highest BCUT2D eigenvalue weighted by molar-refractivity contribution is 6.11. The van der Waals surface area contributed by atoms with Crippen molar-refractivity contribution >= 4 is 17.7 Å². The Morgan fingerprint density at radius 2 is 1.68 bits per heavy atom. The maximum atomic E-state index is 13.1. The molecule has 0 aliphatic carbocycles. The zero-order valence-corrected chi connectivity index (χ0v) is 16.6. The van der Waals surface area contributed by atoms with Crippen LogP contribution in [0.15, 0.2) is 54.6 Å². The summed E-state index contributed by atoms with van der Waals surface area (Å²) < 4.78 is 0. The third-order valence-electron chi connectivity index (χ3n) is 5.69. The largest absolute Gasteiger partial charge is 0.325 e. The Hall–Kier alpha value is -2.95. The Morgan fingerprint density at radius 1 is 1.04 bits per heavy atom. The summed E-state index contributed by atoms with van der Waals surface area (Å²) in [6.45, 7) is 5.85. The van der Waals surface area contributed by atoms with Crippen molar-refractivity contribution in [1.82, 2.24) is 10.2 Å². The van der Waals surface area contributed by atoms with Crippen molar-refractivity contribution in [1.29, 1.82) is 0 Å². The summed E-state index contributed by atoms with van der Waals surface area (Å²) in [5.74, 6) is -0.207. The van der Waals surface area contributed by atoms with E-state index in [2.05, 4.69) is 19.2 Å². The molecule has 5 nitrogen and oxygen atoms in total. The van der Waals surface area contributed by atoms with E-state index in [-0.39, 0.29) is 18.2 Å². The lowest BCUT2D eigenvalue weighted by Crippen LogP contribution is -2.43. The lowest BCUT2D eigenvalue weighted by molar-refractivity contribution is -0.131. The van der Waals surface area contributed by atoms with Crippen LogP contribution >= 0.6 is 0 Å². The number of carbonyl (C=O) groups is 3. The Balaban J connectivity index is 1.80. The van der Waals surface area contributed by atoms with Crippen molar-refractivity contribution in [2.75, 3.05) is 6.54 Å². The van der Waals surface area contributed by atoms with Crippen LogP contribution in [0.3, 0.4) is 0 Å². The van der Waals surface area contributed by atoms with Gasteiger partial charge in [0.15, 0.2) is 5.78 Å². The van der Waals surface area contributed by atoms with Crippen molar-refractivity contribution in [2.45, 2.75) is 45.1 Å². The number of urea groups is 1. The minimum absolute atomic E-state index is 0.251. The second-order valence-corrected chi connectivity index (χ2v) is 7.30. The van der Waals surface area contributed by atoms with Gasteiger partial charge < -0.3 is 5.32 Å². The molecule has 3 amide bonds. The fraction of sp³-hybridized carbons (Fsp3) is 0.348. The molecule has 1 fully saturated rings. The molecule has 1 aliphatic rings. The Bertz CT molecular complexity index is 876. The van der Waals surface area contributed by atoms with Gasteiger partial charge in [-0.25, -0.2) is 4.79 Å². The molecule has 0 saturated carbocycles. The van der Waals surface area contributed by atoms with Crippen LogP contribution in [0.2, 0.25) is 0 Å². The van der Waals surface area contributed by atoms with Crippen LogP contribution in [0, 0.1) is 0 Å². The van der Waals surface area contributed by atoms with E-state index in [1.165, 1.54) is 5.56 Å². The fourth-order valence-electron chi connectivity index (χ4n) is 3.60. The second kappa shape index (κ2) is 7.97. The first-order valence-corrected chi connectivity index (χ1v) is 9.75. The number of nitrogens with one attached hydrogen (secondary N) is 1. The number of benzene rings is 2. The second-order valence-electron chi connectivity index (χ2n) is 7.30. The number of amides is 3. The van der Waals surface area contributed by atoms with Gasteiger partial charge in [0, 0.05) is 5.56 Å². The van der Waals surface area contributed by atoms with Gasteiger partial charge in [0.05, 0.1) is 6.54 Å². The Labute approximate surface area is 165 Å². The molecule has 3 rings (SSSR count). The van der Waals surface area contributed by atoms with Crippen LogP contribution in [0.4, 0.5) is 4.79 Å². The molecule has 2 unspecified atom stereocenters. The molecule has 2 aromatic rings. The molecule has 1 N–H and O–H groups in total. The molecule has 2 aromatic carbocycles. The van der Waals surface area contributed by atoms with Crippen LogP contribution in [-0.4, -0.2) is 29.2 Å². The molecule has 1 saturated heterocycles. The number of rotatable bonds is 7. The van der Waals surface area contributed by atoms with Crippen LogP contribution in [0.25, 0.3) is 0 Å².